The largest absolute Gasteiger partial charge is 0.398 e. The second-order valence-electron chi connectivity index (χ2n) is 7.88. The Morgan fingerprint density at radius 2 is 2.14 bits per heavy atom. The van der Waals surface area contributed by atoms with Crippen LogP contribution in [-0.4, -0.2) is 39.3 Å². The molecule has 1 aliphatic carbocycles. The molecule has 1 aliphatic heterocycles. The molecule has 146 valence electrons. The predicted molar refractivity (Wildman–Crippen MR) is 112 cm³/mol. The Morgan fingerprint density at radius 1 is 1.28 bits per heavy atom. The lowest BCUT2D eigenvalue weighted by Crippen LogP contribution is -2.42. The van der Waals surface area contributed by atoms with Gasteiger partial charge < -0.3 is 15.7 Å². The number of nitrogen functional groups attached to an aromatic ring is 1. The number of pyridine rings is 2. The van der Waals surface area contributed by atoms with Gasteiger partial charge in [0.1, 0.15) is 33.8 Å². The summed E-state index contributed by atoms with van der Waals surface area (Å²) in [5.41, 5.74) is 8.83. The fourth-order valence-electron chi connectivity index (χ4n) is 4.46. The van der Waals surface area contributed by atoms with Gasteiger partial charge in [0.2, 0.25) is 0 Å². The third kappa shape index (κ3) is 3.12. The molecule has 3 N–H and O–H groups in total. The summed E-state index contributed by atoms with van der Waals surface area (Å²) in [6.45, 7) is 1.82. The summed E-state index contributed by atoms with van der Waals surface area (Å²) in [4.78, 5) is 16.1. The topological polar surface area (TPSA) is 112 Å². The van der Waals surface area contributed by atoms with Gasteiger partial charge in [-0.3, -0.25) is 0 Å². The highest BCUT2D eigenvalue weighted by Crippen LogP contribution is 2.48. The van der Waals surface area contributed by atoms with Crippen molar-refractivity contribution in [3.05, 3.63) is 41.4 Å². The SMILES string of the molecule is N#Cc1c(N)cc(-c2nccs2)nc1-c1cccc(N2CCC3(CC(O)C3)C2)n1. The van der Waals surface area contributed by atoms with Gasteiger partial charge >= 0.3 is 0 Å². The first kappa shape index (κ1) is 18.0. The number of aliphatic hydroxyl groups is 1. The van der Waals surface area contributed by atoms with Crippen molar-refractivity contribution in [2.75, 3.05) is 23.7 Å². The van der Waals surface area contributed by atoms with Gasteiger partial charge in [-0.15, -0.1) is 11.3 Å². The maximum atomic E-state index is 9.72. The molecule has 4 heterocycles. The lowest BCUT2D eigenvalue weighted by atomic mass is 9.66. The Balaban J connectivity index is 1.52. The summed E-state index contributed by atoms with van der Waals surface area (Å²) in [7, 11) is 0. The molecular formula is C21H20N6OS. The Kier molecular flexibility index (Phi) is 4.23. The number of nitrogens with two attached hydrogens (primary N) is 1. The zero-order chi connectivity index (χ0) is 20.0. The highest BCUT2D eigenvalue weighted by Gasteiger charge is 2.48. The summed E-state index contributed by atoms with van der Waals surface area (Å²) >= 11 is 1.47. The number of nitriles is 1. The van der Waals surface area contributed by atoms with Crippen LogP contribution in [0.1, 0.15) is 24.8 Å². The summed E-state index contributed by atoms with van der Waals surface area (Å²) in [5, 5.41) is 22.0. The molecule has 0 bridgehead atoms. The predicted octanol–water partition coefficient (Wildman–Crippen LogP) is 3.07. The molecule has 0 amide bonds. The minimum atomic E-state index is -0.159. The Hall–Kier alpha value is -3.02. The summed E-state index contributed by atoms with van der Waals surface area (Å²) in [5.74, 6) is 0.865. The smallest absolute Gasteiger partial charge is 0.141 e. The molecular weight excluding hydrogens is 384 g/mol. The maximum absolute atomic E-state index is 9.72. The fourth-order valence-corrected chi connectivity index (χ4v) is 5.06. The molecule has 5 rings (SSSR count). The van der Waals surface area contributed by atoms with Crippen molar-refractivity contribution in [1.29, 1.82) is 5.26 Å². The minimum absolute atomic E-state index is 0.159. The van der Waals surface area contributed by atoms with E-state index in [0.29, 0.717) is 28.3 Å². The number of aromatic nitrogens is 3. The van der Waals surface area contributed by atoms with Crippen LogP contribution < -0.4 is 10.6 Å². The van der Waals surface area contributed by atoms with E-state index in [0.717, 1.165) is 43.2 Å². The monoisotopic (exact) mass is 404 g/mol. The molecule has 1 spiro atoms. The van der Waals surface area contributed by atoms with Gasteiger partial charge in [0, 0.05) is 24.7 Å². The lowest BCUT2D eigenvalue weighted by Gasteiger charge is -2.42. The zero-order valence-electron chi connectivity index (χ0n) is 15.7. The molecule has 1 saturated carbocycles. The maximum Gasteiger partial charge on any atom is 0.141 e. The summed E-state index contributed by atoms with van der Waals surface area (Å²) in [6.07, 6.45) is 4.37. The molecule has 3 aromatic heterocycles. The van der Waals surface area contributed by atoms with E-state index in [1.165, 1.54) is 11.3 Å². The third-order valence-corrected chi connectivity index (χ3v) is 6.69. The van der Waals surface area contributed by atoms with Gasteiger partial charge in [0.15, 0.2) is 0 Å². The standard InChI is InChI=1S/C21H20N6OS/c22-11-14-15(23)8-17(20-24-5-7-29-20)26-19(14)16-2-1-3-18(25-16)27-6-4-21(12-27)9-13(28)10-21/h1-3,5,7-8,13,28H,4,6,9-10,12H2,(H2,23,26). The summed E-state index contributed by atoms with van der Waals surface area (Å²) in [6, 6.07) is 9.65. The number of thiazole rings is 1. The van der Waals surface area contributed by atoms with Crippen molar-refractivity contribution in [2.24, 2.45) is 5.41 Å². The molecule has 0 aromatic carbocycles. The number of hydrogen-bond donors (Lipinski definition) is 2. The molecule has 7 nitrogen and oxygen atoms in total. The number of rotatable bonds is 3. The van der Waals surface area contributed by atoms with E-state index in [9.17, 15) is 10.4 Å². The van der Waals surface area contributed by atoms with Crippen LogP contribution in [0.3, 0.4) is 0 Å². The van der Waals surface area contributed by atoms with Crippen molar-refractivity contribution >= 4 is 22.8 Å². The van der Waals surface area contributed by atoms with Crippen molar-refractivity contribution in [2.45, 2.75) is 25.4 Å². The highest BCUT2D eigenvalue weighted by atomic mass is 32.1. The normalized spacial score (nSPS) is 23.2. The Morgan fingerprint density at radius 3 is 2.86 bits per heavy atom. The van der Waals surface area contributed by atoms with Crippen molar-refractivity contribution < 1.29 is 5.11 Å². The van der Waals surface area contributed by atoms with Gasteiger partial charge in [-0.05, 0) is 42.9 Å². The van der Waals surface area contributed by atoms with Gasteiger partial charge in [0.25, 0.3) is 0 Å². The van der Waals surface area contributed by atoms with E-state index in [4.69, 9.17) is 10.7 Å². The van der Waals surface area contributed by atoms with Crippen molar-refractivity contribution in [3.63, 3.8) is 0 Å². The first-order valence-electron chi connectivity index (χ1n) is 9.58. The van der Waals surface area contributed by atoms with Crippen molar-refractivity contribution in [1.82, 2.24) is 15.0 Å². The number of nitrogens with zero attached hydrogens (tertiary/aromatic N) is 5. The van der Waals surface area contributed by atoms with Crippen LogP contribution in [0.4, 0.5) is 11.5 Å². The third-order valence-electron chi connectivity index (χ3n) is 5.89. The molecule has 0 unspecified atom stereocenters. The van der Waals surface area contributed by atoms with Gasteiger partial charge in [-0.1, -0.05) is 6.07 Å². The van der Waals surface area contributed by atoms with Crippen LogP contribution >= 0.6 is 11.3 Å². The molecule has 8 heteroatoms. The average Bonchev–Trinajstić information content (AvgIpc) is 3.38. The Labute approximate surface area is 172 Å². The minimum Gasteiger partial charge on any atom is -0.398 e. The van der Waals surface area contributed by atoms with E-state index >= 15 is 0 Å². The summed E-state index contributed by atoms with van der Waals surface area (Å²) < 4.78 is 0. The molecule has 3 aromatic rings. The number of aliphatic hydroxyl groups excluding tert-OH is 1. The van der Waals surface area contributed by atoms with Crippen LogP contribution in [0.25, 0.3) is 22.1 Å². The molecule has 2 fully saturated rings. The lowest BCUT2D eigenvalue weighted by molar-refractivity contribution is -0.0179. The van der Waals surface area contributed by atoms with Crippen LogP contribution in [-0.2, 0) is 0 Å². The van der Waals surface area contributed by atoms with Gasteiger partial charge in [-0.25, -0.2) is 15.0 Å². The molecule has 1 saturated heterocycles. The van der Waals surface area contributed by atoms with Crippen LogP contribution in [0, 0.1) is 16.7 Å². The van der Waals surface area contributed by atoms with Crippen molar-refractivity contribution in [3.8, 4) is 28.2 Å². The number of hydrogen-bond acceptors (Lipinski definition) is 8. The van der Waals surface area contributed by atoms with Gasteiger partial charge in [-0.2, -0.15) is 5.26 Å². The number of anilines is 2. The molecule has 0 radical (unpaired) electrons. The second kappa shape index (κ2) is 6.79. The van der Waals surface area contributed by atoms with E-state index in [1.54, 1.807) is 12.3 Å². The molecule has 29 heavy (non-hydrogen) atoms. The first-order valence-corrected chi connectivity index (χ1v) is 10.5. The van der Waals surface area contributed by atoms with Crippen LogP contribution in [0.15, 0.2) is 35.8 Å². The highest BCUT2D eigenvalue weighted by molar-refractivity contribution is 7.13. The first-order chi connectivity index (χ1) is 14.1. The van der Waals surface area contributed by atoms with E-state index < -0.39 is 0 Å². The van der Waals surface area contributed by atoms with E-state index in [1.807, 2.05) is 23.6 Å². The Bertz CT molecular complexity index is 1100. The van der Waals surface area contributed by atoms with Crippen LogP contribution in [0.5, 0.6) is 0 Å². The zero-order valence-corrected chi connectivity index (χ0v) is 16.6. The quantitative estimate of drug-likeness (QED) is 0.690. The molecule has 2 aliphatic rings. The fraction of sp³-hybridized carbons (Fsp3) is 0.333. The average molecular weight is 404 g/mol. The van der Waals surface area contributed by atoms with Crippen LogP contribution in [0.2, 0.25) is 0 Å². The van der Waals surface area contributed by atoms with Gasteiger partial charge in [0.05, 0.1) is 17.5 Å². The van der Waals surface area contributed by atoms with E-state index in [-0.39, 0.29) is 11.5 Å². The second-order valence-corrected chi connectivity index (χ2v) is 8.78. The molecule has 0 atom stereocenters. The van der Waals surface area contributed by atoms with E-state index in [2.05, 4.69) is 20.9 Å².